The summed E-state index contributed by atoms with van der Waals surface area (Å²) in [5, 5.41) is 3.68. The van der Waals surface area contributed by atoms with Crippen LogP contribution in [-0.2, 0) is 22.9 Å². The molecule has 7 heteroatoms. The maximum Gasteiger partial charge on any atom is 0.245 e. The van der Waals surface area contributed by atoms with Gasteiger partial charge in [0.1, 0.15) is 16.3 Å². The third-order valence-electron chi connectivity index (χ3n) is 3.68. The Bertz CT molecular complexity index is 762. The zero-order valence-corrected chi connectivity index (χ0v) is 14.7. The van der Waals surface area contributed by atoms with Gasteiger partial charge >= 0.3 is 0 Å². The Kier molecular flexibility index (Phi) is 5.43. The first kappa shape index (κ1) is 17.5. The van der Waals surface area contributed by atoms with Crippen LogP contribution in [0.2, 0.25) is 0 Å². The van der Waals surface area contributed by atoms with Gasteiger partial charge < -0.3 is 9.26 Å². The fraction of sp³-hybridized carbons (Fsp3) is 0.438. The summed E-state index contributed by atoms with van der Waals surface area (Å²) in [6.07, 6.45) is 1.46. The number of nitrogens with zero attached hydrogens (tertiary/aromatic N) is 1. The number of aryl methyl sites for hydroxylation is 3. The van der Waals surface area contributed by atoms with Gasteiger partial charge in [0.25, 0.3) is 0 Å². The molecule has 0 aliphatic heterocycles. The Morgan fingerprint density at radius 1 is 1.30 bits per heavy atom. The van der Waals surface area contributed by atoms with Crippen LogP contribution in [0.5, 0.6) is 5.75 Å². The molecule has 0 amide bonds. The molecule has 0 saturated carbocycles. The van der Waals surface area contributed by atoms with E-state index in [9.17, 15) is 8.42 Å². The standard InChI is InChI=1S/C16H22N2O4S/c1-5-13-6-7-15(21-4)14(10-13)8-9-17-23(19,20)16-11(2)18-22-12(16)3/h6-7,10,17H,5,8-9H2,1-4H3. The molecule has 126 valence electrons. The summed E-state index contributed by atoms with van der Waals surface area (Å²) in [6.45, 7) is 5.54. The van der Waals surface area contributed by atoms with E-state index in [1.807, 2.05) is 18.2 Å². The highest BCUT2D eigenvalue weighted by molar-refractivity contribution is 7.89. The summed E-state index contributed by atoms with van der Waals surface area (Å²) in [4.78, 5) is 0.117. The van der Waals surface area contributed by atoms with E-state index in [1.54, 1.807) is 21.0 Å². The molecular weight excluding hydrogens is 316 g/mol. The molecule has 2 aromatic rings. The van der Waals surface area contributed by atoms with Gasteiger partial charge in [-0.15, -0.1) is 0 Å². The summed E-state index contributed by atoms with van der Waals surface area (Å²) in [5.74, 6) is 1.05. The number of methoxy groups -OCH3 is 1. The lowest BCUT2D eigenvalue weighted by Crippen LogP contribution is -2.27. The maximum absolute atomic E-state index is 12.4. The fourth-order valence-corrected chi connectivity index (χ4v) is 3.85. The van der Waals surface area contributed by atoms with E-state index in [4.69, 9.17) is 9.26 Å². The number of rotatable bonds is 7. The van der Waals surface area contributed by atoms with E-state index in [2.05, 4.69) is 16.8 Å². The molecule has 1 N–H and O–H groups in total. The molecule has 0 aliphatic carbocycles. The lowest BCUT2D eigenvalue weighted by molar-refractivity contribution is 0.390. The molecular formula is C16H22N2O4S. The van der Waals surface area contributed by atoms with Crippen molar-refractivity contribution in [2.24, 2.45) is 0 Å². The lowest BCUT2D eigenvalue weighted by atomic mass is 10.1. The summed E-state index contributed by atoms with van der Waals surface area (Å²) >= 11 is 0. The second-order valence-corrected chi connectivity index (χ2v) is 7.00. The molecule has 2 rings (SSSR count). The van der Waals surface area contributed by atoms with E-state index < -0.39 is 10.0 Å². The third-order valence-corrected chi connectivity index (χ3v) is 5.38. The molecule has 0 aliphatic rings. The van der Waals surface area contributed by atoms with Gasteiger partial charge in [-0.2, -0.15) is 0 Å². The Hall–Kier alpha value is -1.86. The number of nitrogens with one attached hydrogen (secondary N) is 1. The molecule has 0 radical (unpaired) electrons. The van der Waals surface area contributed by atoms with Gasteiger partial charge in [0, 0.05) is 6.54 Å². The van der Waals surface area contributed by atoms with E-state index in [0.29, 0.717) is 17.9 Å². The third kappa shape index (κ3) is 3.92. The summed E-state index contributed by atoms with van der Waals surface area (Å²) in [6, 6.07) is 5.97. The Morgan fingerprint density at radius 2 is 2.04 bits per heavy atom. The zero-order valence-electron chi connectivity index (χ0n) is 13.8. The Balaban J connectivity index is 2.10. The highest BCUT2D eigenvalue weighted by atomic mass is 32.2. The first-order valence-corrected chi connectivity index (χ1v) is 8.95. The van der Waals surface area contributed by atoms with Gasteiger partial charge in [-0.25, -0.2) is 13.1 Å². The quantitative estimate of drug-likeness (QED) is 0.838. The molecule has 0 saturated heterocycles. The first-order valence-electron chi connectivity index (χ1n) is 7.47. The molecule has 6 nitrogen and oxygen atoms in total. The molecule has 23 heavy (non-hydrogen) atoms. The van der Waals surface area contributed by atoms with Crippen LogP contribution < -0.4 is 9.46 Å². The number of hydrogen-bond donors (Lipinski definition) is 1. The molecule has 0 fully saturated rings. The molecule has 0 unspecified atom stereocenters. The van der Waals surface area contributed by atoms with E-state index in [0.717, 1.165) is 17.7 Å². The second-order valence-electron chi connectivity index (χ2n) is 5.30. The summed E-state index contributed by atoms with van der Waals surface area (Å²) < 4.78 is 37.6. The van der Waals surface area contributed by atoms with Crippen LogP contribution in [-0.4, -0.2) is 27.2 Å². The minimum Gasteiger partial charge on any atom is -0.496 e. The number of sulfonamides is 1. The molecule has 0 bridgehead atoms. The number of aromatic nitrogens is 1. The molecule has 0 atom stereocenters. The van der Waals surface area contributed by atoms with Gasteiger partial charge in [0.05, 0.1) is 7.11 Å². The van der Waals surface area contributed by atoms with E-state index in [1.165, 1.54) is 5.56 Å². The van der Waals surface area contributed by atoms with Crippen molar-refractivity contribution in [2.45, 2.75) is 38.5 Å². The van der Waals surface area contributed by atoms with Gasteiger partial charge in [0.2, 0.25) is 10.0 Å². The smallest absolute Gasteiger partial charge is 0.245 e. The van der Waals surface area contributed by atoms with Crippen molar-refractivity contribution in [1.82, 2.24) is 9.88 Å². The van der Waals surface area contributed by atoms with Crippen LogP contribution in [0.25, 0.3) is 0 Å². The average Bonchev–Trinajstić information content (AvgIpc) is 2.86. The van der Waals surface area contributed by atoms with Crippen molar-refractivity contribution in [3.05, 3.63) is 40.8 Å². The van der Waals surface area contributed by atoms with Crippen molar-refractivity contribution < 1.29 is 17.7 Å². The van der Waals surface area contributed by atoms with E-state index >= 15 is 0 Å². The minimum absolute atomic E-state index is 0.117. The molecule has 1 aromatic carbocycles. The predicted molar refractivity (Wildman–Crippen MR) is 87.2 cm³/mol. The first-order chi connectivity index (χ1) is 10.9. The van der Waals surface area contributed by atoms with Gasteiger partial charge in [0.15, 0.2) is 5.76 Å². The van der Waals surface area contributed by atoms with Crippen molar-refractivity contribution in [3.8, 4) is 5.75 Å². The van der Waals surface area contributed by atoms with Gasteiger partial charge in [-0.3, -0.25) is 0 Å². The molecule has 0 spiro atoms. The Labute approximate surface area is 136 Å². The van der Waals surface area contributed by atoms with E-state index in [-0.39, 0.29) is 11.4 Å². The van der Waals surface area contributed by atoms with Crippen molar-refractivity contribution in [1.29, 1.82) is 0 Å². The zero-order chi connectivity index (χ0) is 17.0. The van der Waals surface area contributed by atoms with Crippen LogP contribution in [0.4, 0.5) is 0 Å². The monoisotopic (exact) mass is 338 g/mol. The summed E-state index contributed by atoms with van der Waals surface area (Å²) in [5.41, 5.74) is 2.53. The maximum atomic E-state index is 12.4. The highest BCUT2D eigenvalue weighted by Crippen LogP contribution is 2.22. The van der Waals surface area contributed by atoms with Gasteiger partial charge in [-0.05, 0) is 43.9 Å². The van der Waals surface area contributed by atoms with Crippen LogP contribution in [0.15, 0.2) is 27.6 Å². The Morgan fingerprint density at radius 3 is 2.61 bits per heavy atom. The minimum atomic E-state index is -3.63. The van der Waals surface area contributed by atoms with Crippen LogP contribution in [0, 0.1) is 13.8 Å². The van der Waals surface area contributed by atoms with Crippen LogP contribution >= 0.6 is 0 Å². The van der Waals surface area contributed by atoms with Crippen LogP contribution in [0.1, 0.15) is 29.5 Å². The number of hydrogen-bond acceptors (Lipinski definition) is 5. The molecule has 1 aromatic heterocycles. The van der Waals surface area contributed by atoms with Crippen LogP contribution in [0.3, 0.4) is 0 Å². The lowest BCUT2D eigenvalue weighted by Gasteiger charge is -2.11. The second kappa shape index (κ2) is 7.14. The van der Waals surface area contributed by atoms with Crippen molar-refractivity contribution >= 4 is 10.0 Å². The molecule has 1 heterocycles. The highest BCUT2D eigenvalue weighted by Gasteiger charge is 2.23. The SMILES string of the molecule is CCc1ccc(OC)c(CCNS(=O)(=O)c2c(C)noc2C)c1. The average molecular weight is 338 g/mol. The van der Waals surface area contributed by atoms with Gasteiger partial charge in [-0.1, -0.05) is 24.2 Å². The topological polar surface area (TPSA) is 81.4 Å². The number of benzene rings is 1. The fourth-order valence-electron chi connectivity index (χ4n) is 2.50. The van der Waals surface area contributed by atoms with Crippen molar-refractivity contribution in [3.63, 3.8) is 0 Å². The van der Waals surface area contributed by atoms with Crippen molar-refractivity contribution in [2.75, 3.05) is 13.7 Å². The normalized spacial score (nSPS) is 11.7. The largest absolute Gasteiger partial charge is 0.496 e. The predicted octanol–water partition coefficient (Wildman–Crippen LogP) is 2.38. The number of ether oxygens (including phenoxy) is 1. The summed E-state index contributed by atoms with van der Waals surface area (Å²) in [7, 11) is -2.02.